The van der Waals surface area contributed by atoms with Crippen molar-refractivity contribution in [1.82, 2.24) is 10.2 Å². The number of hydrogen-bond donors (Lipinski definition) is 1. The number of nitrogens with zero attached hydrogens (tertiary/aromatic N) is 1. The minimum atomic E-state index is -1.01. The summed E-state index contributed by atoms with van der Waals surface area (Å²) < 4.78 is 10.4. The van der Waals surface area contributed by atoms with E-state index in [9.17, 15) is 19.2 Å². The van der Waals surface area contributed by atoms with Crippen molar-refractivity contribution in [3.8, 4) is 5.75 Å². The van der Waals surface area contributed by atoms with E-state index in [1.165, 1.54) is 20.1 Å². The first-order chi connectivity index (χ1) is 13.9. The number of Topliss-reactive ketones (excluding diaryl/α,β-unsaturated/α-hetero) is 1. The van der Waals surface area contributed by atoms with E-state index >= 15 is 0 Å². The standard InChI is InChI=1S/C21H20N2O6/c1-13(19(25)14-7-9-16(28-2)10-8-14)29-20(26)17-6-4-3-5-15(17)12-23-18(24)11-22-21(23)27/h3-10,13H,11-12H2,1-2H3,(H,22,27). The molecule has 1 saturated heterocycles. The number of rotatable bonds is 7. The topological polar surface area (TPSA) is 102 Å². The molecule has 2 aromatic rings. The van der Waals surface area contributed by atoms with Gasteiger partial charge in [0, 0.05) is 5.56 Å². The zero-order chi connectivity index (χ0) is 21.0. The second-order valence-electron chi connectivity index (χ2n) is 6.44. The lowest BCUT2D eigenvalue weighted by Gasteiger charge is -2.17. The molecule has 0 bridgehead atoms. The zero-order valence-corrected chi connectivity index (χ0v) is 16.0. The molecule has 1 aliphatic rings. The molecule has 1 aliphatic heterocycles. The van der Waals surface area contributed by atoms with Crippen molar-refractivity contribution < 1.29 is 28.7 Å². The van der Waals surface area contributed by atoms with Gasteiger partial charge in [0.25, 0.3) is 0 Å². The summed E-state index contributed by atoms with van der Waals surface area (Å²) in [6.07, 6.45) is -1.01. The summed E-state index contributed by atoms with van der Waals surface area (Å²) in [5, 5.41) is 2.43. The number of imide groups is 1. The maximum Gasteiger partial charge on any atom is 0.339 e. The van der Waals surface area contributed by atoms with Gasteiger partial charge < -0.3 is 14.8 Å². The predicted molar refractivity (Wildman–Crippen MR) is 103 cm³/mol. The molecule has 8 heteroatoms. The lowest BCUT2D eigenvalue weighted by Crippen LogP contribution is -2.31. The lowest BCUT2D eigenvalue weighted by atomic mass is 10.1. The summed E-state index contributed by atoms with van der Waals surface area (Å²) in [5.74, 6) is -0.823. The van der Waals surface area contributed by atoms with E-state index in [0.29, 0.717) is 16.9 Å². The van der Waals surface area contributed by atoms with Crippen LogP contribution in [0.15, 0.2) is 48.5 Å². The molecule has 0 aromatic heterocycles. The van der Waals surface area contributed by atoms with Crippen LogP contribution in [0.4, 0.5) is 4.79 Å². The predicted octanol–water partition coefficient (Wildman–Crippen LogP) is 2.18. The molecule has 29 heavy (non-hydrogen) atoms. The summed E-state index contributed by atoms with van der Waals surface area (Å²) in [5.41, 5.74) is 1.03. The molecule has 3 amide bonds. The number of urea groups is 1. The largest absolute Gasteiger partial charge is 0.497 e. The number of carbonyl (C=O) groups excluding carboxylic acids is 4. The van der Waals surface area contributed by atoms with E-state index < -0.39 is 18.1 Å². The van der Waals surface area contributed by atoms with Crippen LogP contribution in [-0.4, -0.2) is 48.3 Å². The Morgan fingerprint density at radius 3 is 2.41 bits per heavy atom. The smallest absolute Gasteiger partial charge is 0.339 e. The normalized spacial score (nSPS) is 14.3. The van der Waals surface area contributed by atoms with E-state index in [-0.39, 0.29) is 30.3 Å². The Balaban J connectivity index is 1.72. The average molecular weight is 396 g/mol. The highest BCUT2D eigenvalue weighted by molar-refractivity contribution is 6.03. The Labute approximate surface area is 167 Å². The summed E-state index contributed by atoms with van der Waals surface area (Å²) in [6, 6.07) is 12.5. The highest BCUT2D eigenvalue weighted by Crippen LogP contribution is 2.18. The molecule has 0 radical (unpaired) electrons. The third-order valence-electron chi connectivity index (χ3n) is 4.53. The van der Waals surface area contributed by atoms with Crippen LogP contribution < -0.4 is 10.1 Å². The van der Waals surface area contributed by atoms with Crippen LogP contribution >= 0.6 is 0 Å². The van der Waals surface area contributed by atoms with Crippen molar-refractivity contribution >= 4 is 23.7 Å². The number of hydrogen-bond acceptors (Lipinski definition) is 6. The molecule has 150 valence electrons. The van der Waals surface area contributed by atoms with E-state index in [1.807, 2.05) is 0 Å². The van der Waals surface area contributed by atoms with E-state index in [2.05, 4.69) is 5.32 Å². The fourth-order valence-electron chi connectivity index (χ4n) is 2.91. The first kappa shape index (κ1) is 20.1. The Kier molecular flexibility index (Phi) is 5.92. The van der Waals surface area contributed by atoms with Gasteiger partial charge in [0.15, 0.2) is 6.10 Å². The van der Waals surface area contributed by atoms with Gasteiger partial charge >= 0.3 is 12.0 Å². The van der Waals surface area contributed by atoms with Crippen molar-refractivity contribution in [3.63, 3.8) is 0 Å². The van der Waals surface area contributed by atoms with Gasteiger partial charge in [-0.25, -0.2) is 9.59 Å². The lowest BCUT2D eigenvalue weighted by molar-refractivity contribution is -0.125. The van der Waals surface area contributed by atoms with Gasteiger partial charge in [-0.3, -0.25) is 14.5 Å². The molecule has 1 unspecified atom stereocenters. The fraction of sp³-hybridized carbons (Fsp3) is 0.238. The van der Waals surface area contributed by atoms with Crippen molar-refractivity contribution in [2.24, 2.45) is 0 Å². The van der Waals surface area contributed by atoms with Gasteiger partial charge in [0.2, 0.25) is 11.7 Å². The Morgan fingerprint density at radius 2 is 1.79 bits per heavy atom. The van der Waals surface area contributed by atoms with Crippen LogP contribution in [0.25, 0.3) is 0 Å². The Hall–Kier alpha value is -3.68. The van der Waals surface area contributed by atoms with Crippen LogP contribution in [0.1, 0.15) is 33.2 Å². The van der Waals surface area contributed by atoms with Gasteiger partial charge in [-0.2, -0.15) is 0 Å². The quantitative estimate of drug-likeness (QED) is 0.437. The summed E-state index contributed by atoms with van der Waals surface area (Å²) >= 11 is 0. The monoisotopic (exact) mass is 396 g/mol. The molecule has 1 N–H and O–H groups in total. The van der Waals surface area contributed by atoms with Crippen molar-refractivity contribution in [3.05, 3.63) is 65.2 Å². The number of ether oxygens (including phenoxy) is 2. The second-order valence-corrected chi connectivity index (χ2v) is 6.44. The molecule has 3 rings (SSSR count). The molecule has 1 atom stereocenters. The maximum absolute atomic E-state index is 12.7. The number of carbonyl (C=O) groups is 4. The molecular weight excluding hydrogens is 376 g/mol. The van der Waals surface area contributed by atoms with Gasteiger partial charge in [-0.15, -0.1) is 0 Å². The van der Waals surface area contributed by atoms with Crippen molar-refractivity contribution in [2.75, 3.05) is 13.7 Å². The van der Waals surface area contributed by atoms with Gasteiger partial charge in [0.05, 0.1) is 25.8 Å². The number of ketones is 1. The third kappa shape index (κ3) is 4.43. The highest BCUT2D eigenvalue weighted by Gasteiger charge is 2.30. The molecular formula is C21H20N2O6. The van der Waals surface area contributed by atoms with Crippen LogP contribution in [0, 0.1) is 0 Å². The number of benzene rings is 2. The Morgan fingerprint density at radius 1 is 1.10 bits per heavy atom. The minimum absolute atomic E-state index is 0.0588. The van der Waals surface area contributed by atoms with Crippen molar-refractivity contribution in [1.29, 1.82) is 0 Å². The van der Waals surface area contributed by atoms with Crippen molar-refractivity contribution in [2.45, 2.75) is 19.6 Å². The van der Waals surface area contributed by atoms with Crippen LogP contribution in [0.2, 0.25) is 0 Å². The second kappa shape index (κ2) is 8.55. The Bertz CT molecular complexity index is 938. The van der Waals surface area contributed by atoms with Crippen LogP contribution in [-0.2, 0) is 16.1 Å². The average Bonchev–Trinajstić information content (AvgIpc) is 3.05. The summed E-state index contributed by atoms with van der Waals surface area (Å²) in [4.78, 5) is 49.8. The van der Waals surface area contributed by atoms with Gasteiger partial charge in [-0.05, 0) is 42.8 Å². The molecule has 0 spiro atoms. The van der Waals surface area contributed by atoms with Crippen LogP contribution in [0.5, 0.6) is 5.75 Å². The number of amides is 3. The SMILES string of the molecule is COc1ccc(C(=O)C(C)OC(=O)c2ccccc2CN2C(=O)CNC2=O)cc1. The molecule has 2 aromatic carbocycles. The molecule has 8 nitrogen and oxygen atoms in total. The summed E-state index contributed by atoms with van der Waals surface area (Å²) in [7, 11) is 1.53. The van der Waals surface area contributed by atoms with Crippen LogP contribution in [0.3, 0.4) is 0 Å². The fourth-order valence-corrected chi connectivity index (χ4v) is 2.91. The zero-order valence-electron chi connectivity index (χ0n) is 16.0. The number of esters is 1. The van der Waals surface area contributed by atoms with E-state index in [0.717, 1.165) is 4.90 Å². The third-order valence-corrected chi connectivity index (χ3v) is 4.53. The van der Waals surface area contributed by atoms with E-state index in [1.54, 1.807) is 42.5 Å². The number of methoxy groups -OCH3 is 1. The maximum atomic E-state index is 12.7. The highest BCUT2D eigenvalue weighted by atomic mass is 16.5. The molecule has 0 saturated carbocycles. The minimum Gasteiger partial charge on any atom is -0.497 e. The van der Waals surface area contributed by atoms with Gasteiger partial charge in [-0.1, -0.05) is 18.2 Å². The summed E-state index contributed by atoms with van der Waals surface area (Å²) in [6.45, 7) is 1.36. The molecule has 1 fully saturated rings. The first-order valence-electron chi connectivity index (χ1n) is 8.96. The van der Waals surface area contributed by atoms with Gasteiger partial charge in [0.1, 0.15) is 5.75 Å². The molecule has 0 aliphatic carbocycles. The number of nitrogens with one attached hydrogen (secondary N) is 1. The van der Waals surface area contributed by atoms with E-state index in [4.69, 9.17) is 9.47 Å². The molecule has 1 heterocycles. The first-order valence-corrected chi connectivity index (χ1v) is 8.96.